The third kappa shape index (κ3) is 1.78. The fourth-order valence-electron chi connectivity index (χ4n) is 3.07. The van der Waals surface area contributed by atoms with Crippen LogP contribution in [0.3, 0.4) is 0 Å². The summed E-state index contributed by atoms with van der Waals surface area (Å²) in [5, 5.41) is 0. The summed E-state index contributed by atoms with van der Waals surface area (Å²) in [6.07, 6.45) is 1.78. The molecule has 2 heterocycles. The highest BCUT2D eigenvalue weighted by Crippen LogP contribution is 2.38. The lowest BCUT2D eigenvalue weighted by Crippen LogP contribution is -2.34. The molecule has 1 aliphatic rings. The monoisotopic (exact) mass is 270 g/mol. The van der Waals surface area contributed by atoms with Gasteiger partial charge in [0.2, 0.25) is 5.69 Å². The van der Waals surface area contributed by atoms with Crippen LogP contribution in [0.2, 0.25) is 0 Å². The van der Waals surface area contributed by atoms with Gasteiger partial charge in [-0.05, 0) is 13.8 Å². The maximum absolute atomic E-state index is 5.36. The Hall–Kier alpha value is -1.71. The van der Waals surface area contributed by atoms with Gasteiger partial charge in [0.1, 0.15) is 0 Å². The van der Waals surface area contributed by atoms with Gasteiger partial charge in [-0.3, -0.25) is 0 Å². The molecule has 0 atom stereocenters. The van der Waals surface area contributed by atoms with E-state index in [2.05, 4.69) is 61.0 Å². The van der Waals surface area contributed by atoms with Crippen LogP contribution in [0.1, 0.15) is 37.0 Å². The molecular weight excluding hydrogens is 250 g/mol. The number of methoxy groups -OCH3 is 2. The minimum atomic E-state index is -0.319. The van der Waals surface area contributed by atoms with E-state index in [0.29, 0.717) is 0 Å². The van der Waals surface area contributed by atoms with Gasteiger partial charge in [-0.2, -0.15) is 4.57 Å². The second-order valence-corrected chi connectivity index (χ2v) is 5.66. The van der Waals surface area contributed by atoms with Crippen LogP contribution in [0.5, 0.6) is 0 Å². The number of para-hydroxylation sites is 1. The average molecular weight is 270 g/mol. The van der Waals surface area contributed by atoms with E-state index in [4.69, 9.17) is 9.47 Å². The Morgan fingerprint density at radius 3 is 2.45 bits per heavy atom. The quantitative estimate of drug-likeness (QED) is 0.632. The molecular formula is C17H20NO2+. The predicted octanol–water partition coefficient (Wildman–Crippen LogP) is 2.89. The lowest BCUT2D eigenvalue weighted by atomic mass is 9.83. The standard InChI is InChI=1S/C17H20NO2/c1-17(2)13-7-5-6-8-14(13)18-10-9-12(11-15(17)18)16(19-3)20-4/h5-11,16H,1-4H3/q+1. The van der Waals surface area contributed by atoms with Crippen LogP contribution in [-0.2, 0) is 14.9 Å². The molecule has 0 saturated carbocycles. The van der Waals surface area contributed by atoms with Gasteiger partial charge in [0.15, 0.2) is 18.2 Å². The Morgan fingerprint density at radius 1 is 1.05 bits per heavy atom. The first-order valence-corrected chi connectivity index (χ1v) is 6.81. The van der Waals surface area contributed by atoms with Crippen molar-refractivity contribution >= 4 is 0 Å². The molecule has 0 spiro atoms. The number of pyridine rings is 1. The van der Waals surface area contributed by atoms with Gasteiger partial charge < -0.3 is 9.47 Å². The van der Waals surface area contributed by atoms with Gasteiger partial charge in [0.25, 0.3) is 0 Å². The molecule has 0 aliphatic carbocycles. The second-order valence-electron chi connectivity index (χ2n) is 5.66. The molecule has 0 radical (unpaired) electrons. The maximum Gasteiger partial charge on any atom is 0.215 e. The zero-order chi connectivity index (χ0) is 14.3. The Balaban J connectivity index is 2.17. The second kappa shape index (κ2) is 4.69. The van der Waals surface area contributed by atoms with Crippen LogP contribution < -0.4 is 4.57 Å². The van der Waals surface area contributed by atoms with Crippen LogP contribution in [0, 0.1) is 0 Å². The van der Waals surface area contributed by atoms with E-state index >= 15 is 0 Å². The molecule has 1 aromatic carbocycles. The summed E-state index contributed by atoms with van der Waals surface area (Å²) in [7, 11) is 3.32. The lowest BCUT2D eigenvalue weighted by Gasteiger charge is -2.17. The Bertz CT molecular complexity index is 645. The third-order valence-corrected chi connectivity index (χ3v) is 4.16. The highest BCUT2D eigenvalue weighted by atomic mass is 16.7. The van der Waals surface area contributed by atoms with E-state index in [1.54, 1.807) is 14.2 Å². The van der Waals surface area contributed by atoms with E-state index in [1.807, 2.05) is 0 Å². The smallest absolute Gasteiger partial charge is 0.215 e. The molecule has 1 aliphatic heterocycles. The van der Waals surface area contributed by atoms with Gasteiger partial charge in [-0.1, -0.05) is 18.2 Å². The van der Waals surface area contributed by atoms with Gasteiger partial charge in [0, 0.05) is 43.5 Å². The summed E-state index contributed by atoms with van der Waals surface area (Å²) in [5.41, 5.74) is 4.89. The molecule has 3 rings (SSSR count). The van der Waals surface area contributed by atoms with Crippen LogP contribution >= 0.6 is 0 Å². The van der Waals surface area contributed by atoms with Crippen molar-refractivity contribution in [2.75, 3.05) is 14.2 Å². The molecule has 0 saturated heterocycles. The molecule has 2 aromatic rings. The van der Waals surface area contributed by atoms with Gasteiger partial charge in [-0.25, -0.2) is 0 Å². The predicted molar refractivity (Wildman–Crippen MR) is 76.9 cm³/mol. The molecule has 0 amide bonds. The Morgan fingerprint density at radius 2 is 1.75 bits per heavy atom. The van der Waals surface area contributed by atoms with Gasteiger partial charge in [0.05, 0.1) is 5.41 Å². The van der Waals surface area contributed by atoms with Crippen molar-refractivity contribution in [3.63, 3.8) is 0 Å². The van der Waals surface area contributed by atoms with Crippen LogP contribution in [0.15, 0.2) is 42.6 Å². The van der Waals surface area contributed by atoms with Crippen molar-refractivity contribution < 1.29 is 14.0 Å². The van der Waals surface area contributed by atoms with E-state index in [-0.39, 0.29) is 11.7 Å². The summed E-state index contributed by atoms with van der Waals surface area (Å²) in [6.45, 7) is 4.51. The minimum absolute atomic E-state index is 0.0152. The molecule has 0 unspecified atom stereocenters. The largest absolute Gasteiger partial charge is 0.352 e. The first kappa shape index (κ1) is 13.3. The Labute approximate surface area is 119 Å². The summed E-state index contributed by atoms with van der Waals surface area (Å²) in [6, 6.07) is 12.8. The van der Waals surface area contributed by atoms with Crippen LogP contribution in [0.4, 0.5) is 0 Å². The molecule has 0 N–H and O–H groups in total. The molecule has 1 aromatic heterocycles. The van der Waals surface area contributed by atoms with Gasteiger partial charge in [-0.15, -0.1) is 0 Å². The molecule has 20 heavy (non-hydrogen) atoms. The molecule has 3 heteroatoms. The van der Waals surface area contributed by atoms with Crippen molar-refractivity contribution in [2.24, 2.45) is 0 Å². The minimum Gasteiger partial charge on any atom is -0.352 e. The highest BCUT2D eigenvalue weighted by molar-refractivity contribution is 5.48. The van der Waals surface area contributed by atoms with Crippen LogP contribution in [0.25, 0.3) is 5.69 Å². The molecule has 0 bridgehead atoms. The number of nitrogens with zero attached hydrogens (tertiary/aromatic N) is 1. The number of hydrogen-bond donors (Lipinski definition) is 0. The van der Waals surface area contributed by atoms with Gasteiger partial charge >= 0.3 is 0 Å². The SMILES string of the molecule is COC(OC)c1cc[n+]2c(c1)C(C)(C)c1ccccc1-2. The number of benzene rings is 1. The fraction of sp³-hybridized carbons (Fsp3) is 0.353. The molecule has 3 nitrogen and oxygen atoms in total. The zero-order valence-electron chi connectivity index (χ0n) is 12.4. The van der Waals surface area contributed by atoms with Crippen molar-refractivity contribution in [1.82, 2.24) is 0 Å². The topological polar surface area (TPSA) is 22.3 Å². The number of rotatable bonds is 3. The summed E-state index contributed by atoms with van der Waals surface area (Å²) in [4.78, 5) is 0. The summed E-state index contributed by atoms with van der Waals surface area (Å²) < 4.78 is 13.0. The maximum atomic E-state index is 5.36. The van der Waals surface area contributed by atoms with E-state index in [0.717, 1.165) is 5.56 Å². The summed E-state index contributed by atoms with van der Waals surface area (Å²) >= 11 is 0. The van der Waals surface area contributed by atoms with Crippen molar-refractivity contribution in [3.05, 3.63) is 59.4 Å². The van der Waals surface area contributed by atoms with E-state index in [9.17, 15) is 0 Å². The normalized spacial score (nSPS) is 15.2. The van der Waals surface area contributed by atoms with Crippen molar-refractivity contribution in [1.29, 1.82) is 0 Å². The average Bonchev–Trinajstić information content (AvgIpc) is 2.70. The number of fused-ring (bicyclic) bond motifs is 3. The zero-order valence-corrected chi connectivity index (χ0v) is 12.4. The van der Waals surface area contributed by atoms with Crippen molar-refractivity contribution in [2.45, 2.75) is 25.6 Å². The molecule has 104 valence electrons. The lowest BCUT2D eigenvalue weighted by molar-refractivity contribution is -0.600. The highest BCUT2D eigenvalue weighted by Gasteiger charge is 2.43. The van der Waals surface area contributed by atoms with E-state index < -0.39 is 0 Å². The third-order valence-electron chi connectivity index (χ3n) is 4.16. The van der Waals surface area contributed by atoms with Crippen LogP contribution in [-0.4, -0.2) is 14.2 Å². The van der Waals surface area contributed by atoms with E-state index in [1.165, 1.54) is 16.9 Å². The molecule has 0 fully saturated rings. The van der Waals surface area contributed by atoms with Crippen molar-refractivity contribution in [3.8, 4) is 5.69 Å². The first-order chi connectivity index (χ1) is 9.59. The first-order valence-electron chi connectivity index (χ1n) is 6.81. The number of ether oxygens (including phenoxy) is 2. The number of hydrogen-bond acceptors (Lipinski definition) is 2. The summed E-state index contributed by atoms with van der Waals surface area (Å²) in [5.74, 6) is 0. The Kier molecular flexibility index (Phi) is 3.11. The number of aromatic nitrogens is 1. The fourth-order valence-corrected chi connectivity index (χ4v) is 3.07.